The molecule has 3 atom stereocenters. The molecule has 35 heavy (non-hydrogen) atoms. The summed E-state index contributed by atoms with van der Waals surface area (Å²) in [6.45, 7) is 2.84. The van der Waals surface area contributed by atoms with E-state index in [0.29, 0.717) is 30.2 Å². The third-order valence-electron chi connectivity index (χ3n) is 7.72. The summed E-state index contributed by atoms with van der Waals surface area (Å²) in [6.07, 6.45) is 8.88. The summed E-state index contributed by atoms with van der Waals surface area (Å²) in [5.41, 5.74) is 10.0. The summed E-state index contributed by atoms with van der Waals surface area (Å²) in [4.78, 5) is 34.5. The first-order valence-corrected chi connectivity index (χ1v) is 12.8. The average molecular weight is 494 g/mol. The Kier molecular flexibility index (Phi) is 6.80. The zero-order valence-corrected chi connectivity index (χ0v) is 20.7. The number of fused-ring (bicyclic) bond motifs is 1. The highest BCUT2D eigenvalue weighted by molar-refractivity contribution is 6.35. The van der Waals surface area contributed by atoms with Crippen molar-refractivity contribution in [2.45, 2.75) is 63.6 Å². The van der Waals surface area contributed by atoms with Crippen molar-refractivity contribution in [3.05, 3.63) is 64.4 Å². The van der Waals surface area contributed by atoms with E-state index in [-0.39, 0.29) is 17.7 Å². The number of rotatable bonds is 8. The smallest absolute Gasteiger partial charge is 0.237 e. The van der Waals surface area contributed by atoms with E-state index in [0.717, 1.165) is 23.3 Å². The minimum atomic E-state index is -0.467. The van der Waals surface area contributed by atoms with Crippen LogP contribution in [0.3, 0.4) is 0 Å². The highest BCUT2D eigenvalue weighted by atomic mass is 35.5. The molecule has 1 saturated heterocycles. The molecule has 184 valence electrons. The minimum Gasteiger partial charge on any atom is -0.368 e. The molecule has 1 aliphatic carbocycles. The SMILES string of the molecule is C[C@@H](C(=O)NCc1cnc2[nH]cc(Cl)c2c1)N1CC(Cc2ccc(C3CCC3)cc2)CC1C(N)=O. The Morgan fingerprint density at radius 1 is 1.26 bits per heavy atom. The Hall–Kier alpha value is -2.90. The number of aromatic amines is 1. The molecular formula is C27H32ClN5O2. The molecule has 1 saturated carbocycles. The van der Waals surface area contributed by atoms with Crippen molar-refractivity contribution in [1.29, 1.82) is 0 Å². The molecule has 0 spiro atoms. The Morgan fingerprint density at radius 3 is 2.71 bits per heavy atom. The summed E-state index contributed by atoms with van der Waals surface area (Å²) in [6, 6.07) is 9.94. The second kappa shape index (κ2) is 9.99. The fourth-order valence-electron chi connectivity index (χ4n) is 5.41. The first-order valence-electron chi connectivity index (χ1n) is 12.4. The van der Waals surface area contributed by atoms with Gasteiger partial charge in [0.1, 0.15) is 5.65 Å². The molecule has 7 nitrogen and oxygen atoms in total. The fourth-order valence-corrected chi connectivity index (χ4v) is 5.60. The zero-order valence-electron chi connectivity index (χ0n) is 20.0. The van der Waals surface area contributed by atoms with Crippen LogP contribution in [0.2, 0.25) is 5.02 Å². The quantitative estimate of drug-likeness (QED) is 0.442. The van der Waals surface area contributed by atoms with Crippen molar-refractivity contribution < 1.29 is 9.59 Å². The van der Waals surface area contributed by atoms with E-state index in [2.05, 4.69) is 39.6 Å². The van der Waals surface area contributed by atoms with Gasteiger partial charge in [-0.25, -0.2) is 4.98 Å². The van der Waals surface area contributed by atoms with Gasteiger partial charge in [0, 0.05) is 30.9 Å². The lowest BCUT2D eigenvalue weighted by Gasteiger charge is -2.28. The third-order valence-corrected chi connectivity index (χ3v) is 8.03. The summed E-state index contributed by atoms with van der Waals surface area (Å²) in [5.74, 6) is 0.494. The van der Waals surface area contributed by atoms with Crippen LogP contribution in [0.15, 0.2) is 42.7 Å². The van der Waals surface area contributed by atoms with Crippen molar-refractivity contribution in [3.8, 4) is 0 Å². The van der Waals surface area contributed by atoms with Gasteiger partial charge in [0.25, 0.3) is 0 Å². The van der Waals surface area contributed by atoms with Crippen molar-refractivity contribution >= 4 is 34.4 Å². The summed E-state index contributed by atoms with van der Waals surface area (Å²) >= 11 is 6.18. The normalized spacial score (nSPS) is 21.7. The largest absolute Gasteiger partial charge is 0.368 e. The molecule has 2 aliphatic rings. The molecular weight excluding hydrogens is 462 g/mol. The summed E-state index contributed by atoms with van der Waals surface area (Å²) in [5, 5.41) is 4.40. The standard InChI is InChI=1S/C27H32ClN5O2/c1-16(27(35)32-13-19-10-22-23(28)14-31-26(22)30-12-19)33-15-18(11-24(33)25(29)34)9-17-5-7-21(8-6-17)20-3-2-4-20/h5-8,10,12,14,16,18,20,24H,2-4,9,11,13,15H2,1H3,(H2,29,34)(H,30,31)(H,32,35)/t16-,18?,24?/m0/s1. The number of halogens is 1. The third kappa shape index (κ3) is 5.07. The Morgan fingerprint density at radius 2 is 2.03 bits per heavy atom. The maximum Gasteiger partial charge on any atom is 0.237 e. The minimum absolute atomic E-state index is 0.137. The number of H-pyrrole nitrogens is 1. The van der Waals surface area contributed by atoms with Crippen LogP contribution >= 0.6 is 11.6 Å². The number of aromatic nitrogens is 2. The van der Waals surface area contributed by atoms with E-state index in [4.69, 9.17) is 17.3 Å². The molecule has 2 fully saturated rings. The van der Waals surface area contributed by atoms with Crippen molar-refractivity contribution in [2.24, 2.45) is 11.7 Å². The number of hydrogen-bond acceptors (Lipinski definition) is 4. The maximum absolute atomic E-state index is 13.0. The van der Waals surface area contributed by atoms with Crippen LogP contribution in [-0.2, 0) is 22.6 Å². The van der Waals surface area contributed by atoms with Gasteiger partial charge in [0.05, 0.1) is 17.1 Å². The second-order valence-electron chi connectivity index (χ2n) is 10.1. The van der Waals surface area contributed by atoms with Gasteiger partial charge in [-0.05, 0) is 67.2 Å². The topological polar surface area (TPSA) is 104 Å². The Balaban J connectivity index is 1.20. The van der Waals surface area contributed by atoms with Crippen LogP contribution in [-0.4, -0.2) is 45.3 Å². The molecule has 1 aliphatic heterocycles. The van der Waals surface area contributed by atoms with Gasteiger partial charge in [-0.1, -0.05) is 42.3 Å². The van der Waals surface area contributed by atoms with Crippen LogP contribution in [0.25, 0.3) is 11.0 Å². The first kappa shape index (κ1) is 23.8. The van der Waals surface area contributed by atoms with Gasteiger partial charge in [0.2, 0.25) is 11.8 Å². The molecule has 0 bridgehead atoms. The van der Waals surface area contributed by atoms with Crippen molar-refractivity contribution in [2.75, 3.05) is 6.54 Å². The molecule has 2 amide bonds. The highest BCUT2D eigenvalue weighted by Crippen LogP contribution is 2.36. The molecule has 3 heterocycles. The highest BCUT2D eigenvalue weighted by Gasteiger charge is 2.40. The predicted octanol–water partition coefficient (Wildman–Crippen LogP) is 3.91. The van der Waals surface area contributed by atoms with E-state index in [1.165, 1.54) is 30.4 Å². The molecule has 3 aromatic rings. The van der Waals surface area contributed by atoms with E-state index < -0.39 is 12.1 Å². The monoisotopic (exact) mass is 493 g/mol. The van der Waals surface area contributed by atoms with E-state index in [9.17, 15) is 9.59 Å². The van der Waals surface area contributed by atoms with E-state index >= 15 is 0 Å². The lowest BCUT2D eigenvalue weighted by atomic mass is 9.80. The maximum atomic E-state index is 13.0. The summed E-state index contributed by atoms with van der Waals surface area (Å²) in [7, 11) is 0. The van der Waals surface area contributed by atoms with Gasteiger partial charge in [-0.15, -0.1) is 0 Å². The number of carbonyl (C=O) groups is 2. The van der Waals surface area contributed by atoms with E-state index in [1.807, 2.05) is 17.9 Å². The van der Waals surface area contributed by atoms with Crippen LogP contribution in [0.5, 0.6) is 0 Å². The van der Waals surface area contributed by atoms with E-state index in [1.54, 1.807) is 12.4 Å². The van der Waals surface area contributed by atoms with Crippen LogP contribution in [0, 0.1) is 5.92 Å². The second-order valence-corrected chi connectivity index (χ2v) is 10.5. The number of amides is 2. The first-order chi connectivity index (χ1) is 16.9. The van der Waals surface area contributed by atoms with Gasteiger partial charge in [-0.2, -0.15) is 0 Å². The molecule has 0 radical (unpaired) electrons. The lowest BCUT2D eigenvalue weighted by molar-refractivity contribution is -0.129. The number of nitrogens with two attached hydrogens (primary N) is 1. The number of nitrogens with one attached hydrogen (secondary N) is 2. The number of primary amides is 1. The van der Waals surface area contributed by atoms with Gasteiger partial charge in [0.15, 0.2) is 0 Å². The Bertz CT molecular complexity index is 1220. The fraction of sp³-hybridized carbons (Fsp3) is 0.444. The van der Waals surface area contributed by atoms with Crippen LogP contribution in [0.4, 0.5) is 0 Å². The van der Waals surface area contributed by atoms with Crippen molar-refractivity contribution in [1.82, 2.24) is 20.2 Å². The van der Waals surface area contributed by atoms with Gasteiger partial charge < -0.3 is 16.0 Å². The Labute approximate surface area is 210 Å². The molecule has 5 rings (SSSR count). The van der Waals surface area contributed by atoms with Crippen molar-refractivity contribution in [3.63, 3.8) is 0 Å². The number of benzene rings is 1. The number of carbonyl (C=O) groups excluding carboxylic acids is 2. The lowest BCUT2D eigenvalue weighted by Crippen LogP contribution is -2.51. The van der Waals surface area contributed by atoms with Gasteiger partial charge in [-0.3, -0.25) is 14.5 Å². The average Bonchev–Trinajstić information content (AvgIpc) is 3.41. The summed E-state index contributed by atoms with van der Waals surface area (Å²) < 4.78 is 0. The number of hydrogen-bond donors (Lipinski definition) is 3. The molecule has 4 N–H and O–H groups in total. The van der Waals surface area contributed by atoms with Gasteiger partial charge >= 0.3 is 0 Å². The molecule has 2 unspecified atom stereocenters. The predicted molar refractivity (Wildman–Crippen MR) is 137 cm³/mol. The number of pyridine rings is 1. The molecule has 2 aromatic heterocycles. The number of nitrogens with zero attached hydrogens (tertiary/aromatic N) is 2. The van der Waals surface area contributed by atoms with Crippen LogP contribution in [0.1, 0.15) is 55.2 Å². The van der Waals surface area contributed by atoms with Crippen LogP contribution < -0.4 is 11.1 Å². The zero-order chi connectivity index (χ0) is 24.5. The number of likely N-dealkylation sites (tertiary alicyclic amines) is 1. The molecule has 1 aromatic carbocycles. The molecule has 8 heteroatoms.